The summed E-state index contributed by atoms with van der Waals surface area (Å²) in [7, 11) is -17.1. The molecule has 40 heteroatoms. The second-order valence-electron chi connectivity index (χ2n) is 38.7. The van der Waals surface area contributed by atoms with Gasteiger partial charge < -0.3 is 51.1 Å². The van der Waals surface area contributed by atoms with Crippen LogP contribution >= 0.6 is 0 Å². The minimum atomic E-state index is -4.46. The predicted octanol–water partition coefficient (Wildman–Crippen LogP) is 15.2. The van der Waals surface area contributed by atoms with E-state index >= 15 is 0 Å². The van der Waals surface area contributed by atoms with Crippen LogP contribution in [0.15, 0.2) is 219 Å². The minimum Gasteiger partial charge on any atom is -0.493 e. The number of nitrogens with two attached hydrogens (primary N) is 2. The van der Waals surface area contributed by atoms with E-state index in [2.05, 4.69) is 128 Å². The number of rotatable bonds is 23. The third kappa shape index (κ3) is 23.0. The number of sulfonamides is 4. The van der Waals surface area contributed by atoms with Gasteiger partial charge in [-0.2, -0.15) is 8.42 Å². The zero-order chi connectivity index (χ0) is 101. The number of nitrogens with one attached hydrogen (secondary N) is 7. The monoisotopic (exact) mass is 1990 g/mol. The summed E-state index contributed by atoms with van der Waals surface area (Å²) in [6, 6.07) is 42.6. The summed E-state index contributed by atoms with van der Waals surface area (Å²) in [6.07, 6.45) is 15.5. The molecule has 4 aliphatic heterocycles. The molecule has 3 aromatic carbocycles. The Morgan fingerprint density at radius 3 is 1.36 bits per heavy atom. The van der Waals surface area contributed by atoms with Crippen molar-refractivity contribution in [2.75, 3.05) is 69.2 Å². The van der Waals surface area contributed by atoms with E-state index in [-0.39, 0.29) is 88.4 Å². The Hall–Kier alpha value is -13.9. The fraction of sp³-hybridized carbons (Fsp3) is 0.360. The molecule has 5 fully saturated rings. The predicted molar refractivity (Wildman–Crippen MR) is 535 cm³/mol. The first-order valence-corrected chi connectivity index (χ1v) is 51.9. The van der Waals surface area contributed by atoms with Gasteiger partial charge in [-0.15, -0.1) is 0 Å². The molecule has 12 aromatic rings. The smallest absolute Gasteiger partial charge is 0.281 e. The molecule has 140 heavy (non-hydrogen) atoms. The van der Waals surface area contributed by atoms with Crippen molar-refractivity contribution in [1.29, 1.82) is 0 Å². The summed E-state index contributed by atoms with van der Waals surface area (Å²) >= 11 is 0. The van der Waals surface area contributed by atoms with Crippen LogP contribution < -0.4 is 65.6 Å². The van der Waals surface area contributed by atoms with Crippen molar-refractivity contribution >= 4 is 115 Å². The summed E-state index contributed by atoms with van der Waals surface area (Å²) in [5, 5.41) is 4.19. The lowest BCUT2D eigenvalue weighted by atomic mass is 9.97. The molecular weight excluding hydrogens is 1870 g/mol. The van der Waals surface area contributed by atoms with Crippen LogP contribution in [0.2, 0.25) is 0 Å². The van der Waals surface area contributed by atoms with Crippen LogP contribution in [-0.4, -0.2) is 163 Å². The van der Waals surface area contributed by atoms with E-state index in [1.807, 2.05) is 65.8 Å². The summed E-state index contributed by atoms with van der Waals surface area (Å²) in [5.41, 5.74) is 15.1. The highest BCUT2D eigenvalue weighted by Gasteiger charge is 2.45. The number of hydrogen-bond donors (Lipinski definition) is 9. The standard InChI is InChI=1S/C26H29FN4O5S.C26H28N6O3S.C25H28FN5O3S.C23H31N5O3S/c1-5-36-21-11-8-17(27)13-19(21)20-10-9-18(23(29-20)31-15-16(2)14-26(31,3)4)24(32)30-37(34,35)22-7-6-12-28-25(22)33;1-16-14-26(2,3)32(15-16)24-19(25(33)31-36(34,35)22-5-4-11-29-23(22)27)8-9-20(30-24)18-7-6-17-10-12-28-21(17)13-18;1-15-13-25(3,4)31(14-15)23-18(8-10-20(29-23)17-7-9-19(26)16(2)12-17)24(32)30-35(33,34)21-6-5-11-28-22(21)27;1-16-14-23(2,3)28(15-16)21-18(10-7-13-24-21)22(29)27-32(30,31)20-12-6-11-19(26-20)25-17-8-4-5-9-17/h6-13,16H,5,14-15H2,1-4H3,(H,28,33)(H,30,32);4-13,16,28H,14-15H2,1-3H3,(H2,27,29)(H,31,33);5-12,15H,13-14H2,1-4H3,(H2,27,28)(H,30,32);6-7,10-13,16-17H,4-5,8-9,14-15H2,1-3H3,(H,25,26)(H,27,29)/t2*16-;15-;/m000./s1. The topological polar surface area (TPSA) is 478 Å². The molecule has 738 valence electrons. The summed E-state index contributed by atoms with van der Waals surface area (Å²) < 4.78 is 145. The highest BCUT2D eigenvalue weighted by molar-refractivity contribution is 7.91. The Balaban J connectivity index is 0.000000149. The Bertz CT molecular complexity index is 7290. The SMILES string of the molecule is CC1CN(c2ncccc2C(=O)NS(=O)(=O)c2cccc(NC3CCCC3)n2)C(C)(C)C1.CCOc1ccc(F)cc1-c1ccc(C(=O)NS(=O)(=O)c2ccc[nH]c2=O)c(N2C[C@@H](C)CC2(C)C)n1.C[C@@H]1CN(c2nc(-c3ccc4cc[nH]c4c3)ccc2C(=O)NS(=O)(=O)c2cccnc2N)C(C)(C)C1.Cc1cc(-c2ccc(C(=O)NS(=O)(=O)c3cccnc3N)c(N3C[C@@H](C)CC3(C)C)n2)ccc1F. The number of halogens is 2. The highest BCUT2D eigenvalue weighted by atomic mass is 32.2. The molecule has 0 spiro atoms. The second-order valence-corrected chi connectivity index (χ2v) is 45.3. The highest BCUT2D eigenvalue weighted by Crippen LogP contribution is 2.45. The van der Waals surface area contributed by atoms with Gasteiger partial charge in [0, 0.05) is 108 Å². The molecular formula is C100H116F2N20O14S4. The summed E-state index contributed by atoms with van der Waals surface area (Å²) in [6.45, 7) is 31.6. The molecule has 0 radical (unpaired) electrons. The maximum absolute atomic E-state index is 14.2. The number of pyridine rings is 8. The van der Waals surface area contributed by atoms with Crippen molar-refractivity contribution < 1.29 is 66.4 Å². The van der Waals surface area contributed by atoms with E-state index in [0.29, 0.717) is 113 Å². The molecule has 11 N–H and O–H groups in total. The molecule has 13 heterocycles. The number of ether oxygens (including phenoxy) is 1. The molecule has 1 aliphatic carbocycles. The number of aryl methyl sites for hydroxylation is 1. The molecule has 17 rings (SSSR count). The number of fused-ring (bicyclic) bond motifs is 1. The lowest BCUT2D eigenvalue weighted by Gasteiger charge is -2.34. The van der Waals surface area contributed by atoms with Crippen molar-refractivity contribution in [3.63, 3.8) is 0 Å². The van der Waals surface area contributed by atoms with Gasteiger partial charge in [0.05, 0.1) is 45.9 Å². The van der Waals surface area contributed by atoms with Gasteiger partial charge in [0.25, 0.3) is 69.3 Å². The Morgan fingerprint density at radius 2 is 0.893 bits per heavy atom. The van der Waals surface area contributed by atoms with E-state index < -0.39 is 80.0 Å². The van der Waals surface area contributed by atoms with Gasteiger partial charge in [0.2, 0.25) is 0 Å². The van der Waals surface area contributed by atoms with Crippen LogP contribution in [0.5, 0.6) is 5.75 Å². The van der Waals surface area contributed by atoms with Gasteiger partial charge in [-0.1, -0.05) is 58.7 Å². The van der Waals surface area contributed by atoms with Gasteiger partial charge in [0.15, 0.2) is 9.92 Å². The average Bonchev–Trinajstić information content (AvgIpc) is 1.56. The number of hydrogen-bond acceptors (Lipinski definition) is 28. The number of benzene rings is 3. The van der Waals surface area contributed by atoms with Crippen LogP contribution in [0.1, 0.15) is 188 Å². The van der Waals surface area contributed by atoms with Gasteiger partial charge in [-0.25, -0.2) is 87.8 Å². The number of carbonyl (C=O) groups excluding carboxylic acids is 4. The first-order chi connectivity index (χ1) is 66.0. The molecule has 34 nitrogen and oxygen atoms in total. The summed E-state index contributed by atoms with van der Waals surface area (Å²) in [4.78, 5) is 108. The van der Waals surface area contributed by atoms with Gasteiger partial charge >= 0.3 is 0 Å². The first kappa shape index (κ1) is 102. The fourth-order valence-corrected chi connectivity index (χ4v) is 23.4. The van der Waals surface area contributed by atoms with Crippen molar-refractivity contribution in [1.82, 2.24) is 63.7 Å². The average molecular weight is 1990 g/mol. The van der Waals surface area contributed by atoms with Crippen molar-refractivity contribution in [3.8, 4) is 39.5 Å². The fourth-order valence-electron chi connectivity index (χ4n) is 19.3. The molecule has 5 aliphatic rings. The third-order valence-electron chi connectivity index (χ3n) is 25.4. The second kappa shape index (κ2) is 40.9. The van der Waals surface area contributed by atoms with Crippen LogP contribution in [0, 0.1) is 42.2 Å². The van der Waals surface area contributed by atoms with Crippen molar-refractivity contribution in [2.24, 2.45) is 23.7 Å². The van der Waals surface area contributed by atoms with Gasteiger partial charge in [-0.3, -0.25) is 24.0 Å². The molecule has 4 amide bonds. The maximum atomic E-state index is 14.2. The number of nitrogen functional groups attached to an aromatic ring is 2. The molecule has 0 bridgehead atoms. The molecule has 1 saturated carbocycles. The molecule has 1 unspecified atom stereocenters. The molecule has 4 atom stereocenters. The maximum Gasteiger partial charge on any atom is 0.281 e. The van der Waals surface area contributed by atoms with E-state index in [4.69, 9.17) is 31.2 Å². The Kier molecular flexibility index (Phi) is 29.8. The molecule has 9 aromatic heterocycles. The van der Waals surface area contributed by atoms with E-state index in [1.165, 1.54) is 91.4 Å². The van der Waals surface area contributed by atoms with Crippen LogP contribution in [-0.2, 0) is 40.1 Å². The number of aromatic amines is 2. The minimum absolute atomic E-state index is 0.0104. The number of H-pyrrole nitrogens is 2. The largest absolute Gasteiger partial charge is 0.493 e. The van der Waals surface area contributed by atoms with Gasteiger partial charge in [0.1, 0.15) is 67.9 Å². The number of aromatic nitrogens is 9. The normalized spacial score (nSPS) is 18.1. The van der Waals surface area contributed by atoms with Gasteiger partial charge in [-0.05, 0) is 288 Å². The van der Waals surface area contributed by atoms with E-state index in [9.17, 15) is 66.4 Å². The van der Waals surface area contributed by atoms with E-state index in [1.54, 1.807) is 73.8 Å². The number of carbonyl (C=O) groups is 4. The lowest BCUT2D eigenvalue weighted by molar-refractivity contribution is 0.0972. The number of amides is 4. The zero-order valence-corrected chi connectivity index (χ0v) is 83.5. The van der Waals surface area contributed by atoms with Crippen LogP contribution in [0.25, 0.3) is 44.7 Å². The summed E-state index contributed by atoms with van der Waals surface area (Å²) in [5.74, 6) is -0.455. The third-order valence-corrected chi connectivity index (χ3v) is 30.7. The van der Waals surface area contributed by atoms with Crippen molar-refractivity contribution in [2.45, 2.75) is 196 Å². The van der Waals surface area contributed by atoms with E-state index in [0.717, 1.165) is 80.4 Å². The quantitative estimate of drug-likeness (QED) is 0.0287. The Morgan fingerprint density at radius 1 is 0.457 bits per heavy atom. The first-order valence-electron chi connectivity index (χ1n) is 46.0. The lowest BCUT2D eigenvalue weighted by Crippen LogP contribution is -2.41. The van der Waals surface area contributed by atoms with Crippen molar-refractivity contribution in [3.05, 3.63) is 245 Å². The molecule has 4 saturated heterocycles. The number of anilines is 7. The van der Waals surface area contributed by atoms with Crippen LogP contribution in [0.3, 0.4) is 0 Å². The zero-order valence-electron chi connectivity index (χ0n) is 80.2. The number of nitrogens with zero attached hydrogens (tertiary/aromatic N) is 11. The van der Waals surface area contributed by atoms with Crippen LogP contribution in [0.4, 0.5) is 49.5 Å². The Labute approximate surface area is 813 Å².